The zero-order valence-corrected chi connectivity index (χ0v) is 17.6. The first-order chi connectivity index (χ1) is 14.7. The number of nitrogens with zero attached hydrogens (tertiary/aromatic N) is 4. The summed E-state index contributed by atoms with van der Waals surface area (Å²) in [5.74, 6) is 0.812. The largest absolute Gasteiger partial charge is 0.460 e. The molecule has 2 aromatic heterocycles. The van der Waals surface area contributed by atoms with Crippen LogP contribution < -0.4 is 4.74 Å². The predicted molar refractivity (Wildman–Crippen MR) is 112 cm³/mol. The lowest BCUT2D eigenvalue weighted by molar-refractivity contribution is -0.111. The molecule has 0 saturated heterocycles. The van der Waals surface area contributed by atoms with Crippen LogP contribution in [0.4, 0.5) is 4.39 Å². The Balaban J connectivity index is 1.40. The highest BCUT2D eigenvalue weighted by molar-refractivity contribution is 7.98. The van der Waals surface area contributed by atoms with Gasteiger partial charge in [-0.1, -0.05) is 29.5 Å². The average molecular weight is 441 g/mol. The summed E-state index contributed by atoms with van der Waals surface area (Å²) < 4.78 is 27.8. The molecule has 0 aliphatic carbocycles. The first kappa shape index (κ1) is 19.2. The number of benzene rings is 2. The lowest BCUT2D eigenvalue weighted by Gasteiger charge is -2.27. The Morgan fingerprint density at radius 2 is 2.10 bits per heavy atom. The SMILES string of the molecule is Cc1ccc(-n2nnnc2SCc2cc(F)cc3c2OC(c2ccsc2)OC3)cc1. The molecule has 0 saturated carbocycles. The summed E-state index contributed by atoms with van der Waals surface area (Å²) in [6, 6.07) is 12.9. The van der Waals surface area contributed by atoms with Crippen LogP contribution in [0.2, 0.25) is 0 Å². The molecule has 30 heavy (non-hydrogen) atoms. The van der Waals surface area contributed by atoms with E-state index in [4.69, 9.17) is 9.47 Å². The van der Waals surface area contributed by atoms with Gasteiger partial charge in [0.2, 0.25) is 11.4 Å². The minimum atomic E-state index is -0.490. The zero-order valence-electron chi connectivity index (χ0n) is 16.0. The molecule has 1 aliphatic heterocycles. The van der Waals surface area contributed by atoms with Gasteiger partial charge < -0.3 is 9.47 Å². The van der Waals surface area contributed by atoms with Gasteiger partial charge in [-0.15, -0.1) is 5.10 Å². The van der Waals surface area contributed by atoms with Crippen LogP contribution >= 0.6 is 23.1 Å². The number of tetrazole rings is 1. The van der Waals surface area contributed by atoms with Crippen molar-refractivity contribution in [3.8, 4) is 11.4 Å². The number of halogens is 1. The number of thioether (sulfide) groups is 1. The number of thiophene rings is 1. The topological polar surface area (TPSA) is 62.1 Å². The van der Waals surface area contributed by atoms with Gasteiger partial charge in [-0.05, 0) is 53.1 Å². The molecule has 1 aliphatic rings. The fourth-order valence-corrected chi connectivity index (χ4v) is 4.74. The van der Waals surface area contributed by atoms with Crippen molar-refractivity contribution in [2.45, 2.75) is 30.7 Å². The van der Waals surface area contributed by atoms with E-state index in [2.05, 4.69) is 15.5 Å². The molecule has 3 heterocycles. The molecule has 2 aromatic carbocycles. The Hall–Kier alpha value is -2.75. The summed E-state index contributed by atoms with van der Waals surface area (Å²) in [5, 5.41) is 16.6. The first-order valence-corrected chi connectivity index (χ1v) is 11.2. The molecule has 0 radical (unpaired) electrons. The van der Waals surface area contributed by atoms with E-state index in [9.17, 15) is 4.39 Å². The van der Waals surface area contributed by atoms with E-state index < -0.39 is 6.29 Å². The van der Waals surface area contributed by atoms with Crippen LogP contribution in [0.3, 0.4) is 0 Å². The number of rotatable bonds is 5. The molecule has 1 atom stereocenters. The molecule has 9 heteroatoms. The summed E-state index contributed by atoms with van der Waals surface area (Å²) in [6.07, 6.45) is -0.490. The second-order valence-electron chi connectivity index (χ2n) is 6.87. The molecule has 0 fully saturated rings. The molecule has 0 bridgehead atoms. The van der Waals surface area contributed by atoms with Gasteiger partial charge in [-0.2, -0.15) is 16.0 Å². The number of aryl methyl sites for hydroxylation is 1. The normalized spacial score (nSPS) is 15.6. The maximum absolute atomic E-state index is 14.2. The van der Waals surface area contributed by atoms with E-state index in [0.717, 1.165) is 22.4 Å². The molecule has 0 N–H and O–H groups in total. The minimum Gasteiger partial charge on any atom is -0.460 e. The summed E-state index contributed by atoms with van der Waals surface area (Å²) in [6.45, 7) is 2.32. The number of hydrogen-bond acceptors (Lipinski definition) is 7. The van der Waals surface area contributed by atoms with Crippen LogP contribution in [-0.2, 0) is 17.1 Å². The van der Waals surface area contributed by atoms with E-state index in [1.54, 1.807) is 16.0 Å². The Labute approximate surface area is 180 Å². The molecule has 6 nitrogen and oxygen atoms in total. The smallest absolute Gasteiger partial charge is 0.227 e. The summed E-state index contributed by atoms with van der Waals surface area (Å²) >= 11 is 3.01. The molecular formula is C21H17FN4O2S2. The number of aromatic nitrogens is 4. The highest BCUT2D eigenvalue weighted by Crippen LogP contribution is 2.39. The monoisotopic (exact) mass is 440 g/mol. The van der Waals surface area contributed by atoms with Gasteiger partial charge in [0.05, 0.1) is 12.3 Å². The van der Waals surface area contributed by atoms with E-state index in [1.807, 2.05) is 48.0 Å². The van der Waals surface area contributed by atoms with E-state index >= 15 is 0 Å². The Kier molecular flexibility index (Phi) is 5.24. The van der Waals surface area contributed by atoms with Gasteiger partial charge in [0.1, 0.15) is 11.6 Å². The molecule has 0 amide bonds. The van der Waals surface area contributed by atoms with Gasteiger partial charge in [0.15, 0.2) is 0 Å². The Morgan fingerprint density at radius 1 is 1.23 bits per heavy atom. The van der Waals surface area contributed by atoms with E-state index in [1.165, 1.54) is 23.9 Å². The maximum atomic E-state index is 14.2. The maximum Gasteiger partial charge on any atom is 0.227 e. The van der Waals surface area contributed by atoms with Gasteiger partial charge in [0.25, 0.3) is 0 Å². The summed E-state index contributed by atoms with van der Waals surface area (Å²) in [7, 11) is 0. The van der Waals surface area contributed by atoms with Gasteiger partial charge in [0, 0.05) is 27.8 Å². The van der Waals surface area contributed by atoms with Crippen molar-refractivity contribution >= 4 is 23.1 Å². The molecule has 152 valence electrons. The average Bonchev–Trinajstić information content (AvgIpc) is 3.44. The molecule has 1 unspecified atom stereocenters. The fraction of sp³-hybridized carbons (Fsp3) is 0.190. The summed E-state index contributed by atoms with van der Waals surface area (Å²) in [5.41, 5.74) is 4.44. The number of ether oxygens (including phenoxy) is 2. The van der Waals surface area contributed by atoms with Crippen molar-refractivity contribution in [2.24, 2.45) is 0 Å². The van der Waals surface area contributed by atoms with Crippen LogP contribution in [0, 0.1) is 12.7 Å². The highest BCUT2D eigenvalue weighted by Gasteiger charge is 2.26. The van der Waals surface area contributed by atoms with Gasteiger partial charge >= 0.3 is 0 Å². The van der Waals surface area contributed by atoms with Crippen LogP contribution in [0.15, 0.2) is 58.4 Å². The highest BCUT2D eigenvalue weighted by atomic mass is 32.2. The van der Waals surface area contributed by atoms with Crippen molar-refractivity contribution in [1.29, 1.82) is 0 Å². The van der Waals surface area contributed by atoms with Crippen molar-refractivity contribution in [1.82, 2.24) is 20.2 Å². The lowest BCUT2D eigenvalue weighted by atomic mass is 10.1. The Morgan fingerprint density at radius 3 is 2.90 bits per heavy atom. The lowest BCUT2D eigenvalue weighted by Crippen LogP contribution is -2.18. The van der Waals surface area contributed by atoms with Crippen molar-refractivity contribution < 1.29 is 13.9 Å². The molecule has 4 aromatic rings. The third-order valence-electron chi connectivity index (χ3n) is 4.71. The zero-order chi connectivity index (χ0) is 20.5. The quantitative estimate of drug-likeness (QED) is 0.404. The van der Waals surface area contributed by atoms with E-state index in [-0.39, 0.29) is 5.82 Å². The molecule has 5 rings (SSSR count). The first-order valence-electron chi connectivity index (χ1n) is 9.27. The van der Waals surface area contributed by atoms with Crippen LogP contribution in [0.5, 0.6) is 5.75 Å². The van der Waals surface area contributed by atoms with E-state index in [0.29, 0.717) is 28.8 Å². The predicted octanol–water partition coefficient (Wildman–Crippen LogP) is 5.07. The van der Waals surface area contributed by atoms with Crippen molar-refractivity contribution in [3.63, 3.8) is 0 Å². The third-order valence-corrected chi connectivity index (χ3v) is 6.38. The fourth-order valence-electron chi connectivity index (χ4n) is 3.22. The van der Waals surface area contributed by atoms with Crippen molar-refractivity contribution in [3.05, 3.63) is 81.3 Å². The summed E-state index contributed by atoms with van der Waals surface area (Å²) in [4.78, 5) is 0. The van der Waals surface area contributed by atoms with Crippen LogP contribution in [0.25, 0.3) is 5.69 Å². The van der Waals surface area contributed by atoms with Crippen LogP contribution in [0.1, 0.15) is 28.5 Å². The van der Waals surface area contributed by atoms with Gasteiger partial charge in [-0.3, -0.25) is 0 Å². The third kappa shape index (κ3) is 3.83. The number of hydrogen-bond donors (Lipinski definition) is 0. The minimum absolute atomic E-state index is 0.298. The number of fused-ring (bicyclic) bond motifs is 1. The standard InChI is InChI=1S/C21H17FN4O2S2/c1-13-2-4-18(5-3-13)26-21(23-24-25-26)30-12-16-9-17(22)8-15-10-27-20(28-19(15)16)14-6-7-29-11-14/h2-9,11,20H,10,12H2,1H3. The van der Waals surface area contributed by atoms with Crippen LogP contribution in [-0.4, -0.2) is 20.2 Å². The molecular weight excluding hydrogens is 423 g/mol. The second-order valence-corrected chi connectivity index (χ2v) is 8.59. The Bertz CT molecular complexity index is 1160. The second kappa shape index (κ2) is 8.17. The van der Waals surface area contributed by atoms with Gasteiger partial charge in [-0.25, -0.2) is 4.39 Å². The molecule has 0 spiro atoms. The van der Waals surface area contributed by atoms with Crippen molar-refractivity contribution in [2.75, 3.05) is 0 Å².